The Kier molecular flexibility index (Phi) is 3.10. The van der Waals surface area contributed by atoms with Gasteiger partial charge in [-0.25, -0.2) is 0 Å². The Balaban J connectivity index is 1.88. The zero-order chi connectivity index (χ0) is 14.1. The number of likely N-dealkylation sites (tertiary alicyclic amines) is 1. The molecule has 2 saturated heterocycles. The van der Waals surface area contributed by atoms with E-state index in [1.165, 1.54) is 0 Å². The van der Waals surface area contributed by atoms with E-state index in [4.69, 9.17) is 0 Å². The first-order valence-electron chi connectivity index (χ1n) is 6.56. The molecule has 3 amide bonds. The van der Waals surface area contributed by atoms with Gasteiger partial charge in [-0.05, 0) is 18.1 Å². The minimum atomic E-state index is -0.553. The largest absolute Gasteiger partial charge is 0.322 e. The average molecular weight is 270 g/mol. The molecule has 0 saturated carbocycles. The second-order valence-corrected chi connectivity index (χ2v) is 4.94. The van der Waals surface area contributed by atoms with Gasteiger partial charge in [0.15, 0.2) is 0 Å². The van der Waals surface area contributed by atoms with Gasteiger partial charge < -0.3 is 4.90 Å². The predicted octanol–water partition coefficient (Wildman–Crippen LogP) is 0.613. The van der Waals surface area contributed by atoms with E-state index >= 15 is 0 Å². The zero-order valence-electron chi connectivity index (χ0n) is 10.8. The van der Waals surface area contributed by atoms with Crippen LogP contribution in [0.5, 0.6) is 0 Å². The van der Waals surface area contributed by atoms with Crippen molar-refractivity contribution in [2.45, 2.75) is 18.9 Å². The van der Waals surface area contributed by atoms with Crippen molar-refractivity contribution in [3.63, 3.8) is 0 Å². The predicted molar refractivity (Wildman–Crippen MR) is 72.3 cm³/mol. The van der Waals surface area contributed by atoms with E-state index in [1.807, 2.05) is 30.4 Å². The number of carbonyl (C=O) groups excluding carboxylic acids is 3. The molecule has 2 fully saturated rings. The van der Waals surface area contributed by atoms with E-state index in [1.54, 1.807) is 11.0 Å². The molecule has 0 aromatic heterocycles. The van der Waals surface area contributed by atoms with Crippen LogP contribution in [0.25, 0.3) is 0 Å². The second-order valence-electron chi connectivity index (χ2n) is 4.94. The third kappa shape index (κ3) is 2.11. The van der Waals surface area contributed by atoms with Crippen molar-refractivity contribution in [2.75, 3.05) is 6.54 Å². The minimum Gasteiger partial charge on any atom is -0.322 e. The van der Waals surface area contributed by atoms with Crippen molar-refractivity contribution in [1.29, 1.82) is 0 Å². The van der Waals surface area contributed by atoms with Crippen LogP contribution in [0.3, 0.4) is 0 Å². The molecule has 1 N–H and O–H groups in total. The van der Waals surface area contributed by atoms with Crippen LogP contribution in [0.4, 0.5) is 0 Å². The van der Waals surface area contributed by atoms with Gasteiger partial charge in [0.25, 0.3) is 5.91 Å². The van der Waals surface area contributed by atoms with Crippen molar-refractivity contribution in [2.24, 2.45) is 0 Å². The molecule has 3 aliphatic rings. The summed E-state index contributed by atoms with van der Waals surface area (Å²) in [7, 11) is 0. The molecular formula is C15H14N2O3. The number of piperidine rings is 1. The van der Waals surface area contributed by atoms with Crippen LogP contribution in [-0.2, 0) is 14.4 Å². The molecule has 1 unspecified atom stereocenters. The van der Waals surface area contributed by atoms with Crippen LogP contribution >= 0.6 is 0 Å². The summed E-state index contributed by atoms with van der Waals surface area (Å²) >= 11 is 0. The Bertz CT molecular complexity index is 611. The number of amides is 3. The van der Waals surface area contributed by atoms with Gasteiger partial charge in [0.1, 0.15) is 6.04 Å². The van der Waals surface area contributed by atoms with Gasteiger partial charge in [0, 0.05) is 18.5 Å². The molecule has 5 heteroatoms. The van der Waals surface area contributed by atoms with Crippen LogP contribution in [0, 0.1) is 0 Å². The number of fused-ring (bicyclic) bond motifs is 1. The summed E-state index contributed by atoms with van der Waals surface area (Å²) in [5.74, 6) is -0.796. The highest BCUT2D eigenvalue weighted by Crippen LogP contribution is 2.28. The lowest BCUT2D eigenvalue weighted by Gasteiger charge is -2.28. The topological polar surface area (TPSA) is 66.5 Å². The second kappa shape index (κ2) is 4.92. The Morgan fingerprint density at radius 2 is 1.80 bits per heavy atom. The minimum absolute atomic E-state index is 0.148. The van der Waals surface area contributed by atoms with Gasteiger partial charge in [0.05, 0.1) is 0 Å². The third-order valence-electron chi connectivity index (χ3n) is 3.66. The van der Waals surface area contributed by atoms with Crippen molar-refractivity contribution in [1.82, 2.24) is 10.2 Å². The van der Waals surface area contributed by atoms with Crippen LogP contribution < -0.4 is 5.32 Å². The number of hydrogen-bond acceptors (Lipinski definition) is 3. The number of carbonyl (C=O) groups is 3. The van der Waals surface area contributed by atoms with Crippen molar-refractivity contribution < 1.29 is 14.4 Å². The highest BCUT2D eigenvalue weighted by Gasteiger charge is 2.40. The summed E-state index contributed by atoms with van der Waals surface area (Å²) in [6, 6.07) is -0.553. The van der Waals surface area contributed by atoms with Gasteiger partial charge in [-0.2, -0.15) is 0 Å². The zero-order valence-corrected chi connectivity index (χ0v) is 10.8. The summed E-state index contributed by atoms with van der Waals surface area (Å²) in [5, 5.41) is 2.29. The van der Waals surface area contributed by atoms with Gasteiger partial charge in [-0.3, -0.25) is 19.7 Å². The van der Waals surface area contributed by atoms with Gasteiger partial charge in [-0.1, -0.05) is 30.4 Å². The fourth-order valence-electron chi connectivity index (χ4n) is 2.64. The monoisotopic (exact) mass is 270 g/mol. The number of hydrogen-bond donors (Lipinski definition) is 1. The summed E-state index contributed by atoms with van der Waals surface area (Å²) in [4.78, 5) is 37.0. The molecule has 0 aromatic carbocycles. The van der Waals surface area contributed by atoms with E-state index in [0.29, 0.717) is 18.5 Å². The Labute approximate surface area is 116 Å². The fraction of sp³-hybridized carbons (Fsp3) is 0.267. The van der Waals surface area contributed by atoms with Crippen molar-refractivity contribution in [3.05, 3.63) is 47.6 Å². The first-order valence-corrected chi connectivity index (χ1v) is 6.56. The van der Waals surface area contributed by atoms with Crippen LogP contribution in [0.2, 0.25) is 0 Å². The molecular weight excluding hydrogens is 256 g/mol. The summed E-state index contributed by atoms with van der Waals surface area (Å²) < 4.78 is 0. The Morgan fingerprint density at radius 1 is 1.05 bits per heavy atom. The molecule has 1 aliphatic carbocycles. The van der Waals surface area contributed by atoms with E-state index in [9.17, 15) is 14.4 Å². The lowest BCUT2D eigenvalue weighted by Crippen LogP contribution is -2.52. The fourth-order valence-corrected chi connectivity index (χ4v) is 2.64. The smallest absolute Gasteiger partial charge is 0.255 e. The Morgan fingerprint density at radius 3 is 2.55 bits per heavy atom. The third-order valence-corrected chi connectivity index (χ3v) is 3.66. The Hall–Kier alpha value is -2.43. The number of allylic oxidation sites excluding steroid dienone is 6. The molecule has 2 aliphatic heterocycles. The van der Waals surface area contributed by atoms with Gasteiger partial charge in [0.2, 0.25) is 11.8 Å². The maximum Gasteiger partial charge on any atom is 0.255 e. The summed E-state index contributed by atoms with van der Waals surface area (Å²) in [5.41, 5.74) is 1.52. The van der Waals surface area contributed by atoms with Crippen LogP contribution in [0.1, 0.15) is 12.8 Å². The summed E-state index contributed by atoms with van der Waals surface area (Å²) in [6.07, 6.45) is 11.7. The van der Waals surface area contributed by atoms with E-state index in [2.05, 4.69) is 5.32 Å². The van der Waals surface area contributed by atoms with E-state index in [0.717, 1.165) is 5.57 Å². The molecule has 0 radical (unpaired) electrons. The lowest BCUT2D eigenvalue weighted by atomic mass is 10.0. The summed E-state index contributed by atoms with van der Waals surface area (Å²) in [6.45, 7) is 0.412. The number of nitrogens with zero attached hydrogens (tertiary/aromatic N) is 1. The first-order chi connectivity index (χ1) is 9.66. The standard InChI is InChI=1S/C15H14N2O3/c18-13-8-7-12(14(19)16-13)17-9-10-5-3-1-2-4-6-11(10)15(17)20/h1-6,12H,7-9H2,(H,16,18,19)/b2-1?,3-1+,4-2+,5-3?,6-4?,10-5-,11-6+. The number of imide groups is 1. The maximum atomic E-state index is 12.4. The molecule has 0 spiro atoms. The van der Waals surface area contributed by atoms with Crippen molar-refractivity contribution in [3.8, 4) is 0 Å². The highest BCUT2D eigenvalue weighted by atomic mass is 16.2. The maximum absolute atomic E-state index is 12.4. The molecule has 1 atom stereocenters. The van der Waals surface area contributed by atoms with E-state index < -0.39 is 6.04 Å². The molecule has 0 bridgehead atoms. The van der Waals surface area contributed by atoms with Crippen LogP contribution in [-0.4, -0.2) is 35.2 Å². The quantitative estimate of drug-likeness (QED) is 0.710. The first kappa shape index (κ1) is 12.6. The molecule has 20 heavy (non-hydrogen) atoms. The van der Waals surface area contributed by atoms with E-state index in [-0.39, 0.29) is 24.1 Å². The molecule has 0 aromatic rings. The molecule has 102 valence electrons. The number of nitrogens with one attached hydrogen (secondary N) is 1. The van der Waals surface area contributed by atoms with Gasteiger partial charge in [-0.15, -0.1) is 0 Å². The number of rotatable bonds is 1. The average Bonchev–Trinajstić information content (AvgIpc) is 2.66. The van der Waals surface area contributed by atoms with Crippen LogP contribution in [0.15, 0.2) is 47.6 Å². The lowest BCUT2D eigenvalue weighted by molar-refractivity contribution is -0.142. The van der Waals surface area contributed by atoms with Crippen molar-refractivity contribution >= 4 is 17.7 Å². The SMILES string of the molecule is O=C1CCC(N2CC3=C/C=C/C=C/C=C\3C2=O)C(=O)N1. The van der Waals surface area contributed by atoms with Gasteiger partial charge >= 0.3 is 0 Å². The molecule has 3 rings (SSSR count). The normalized spacial score (nSPS) is 34.1. The molecule has 5 nitrogen and oxygen atoms in total. The highest BCUT2D eigenvalue weighted by molar-refractivity contribution is 6.07. The molecule has 2 heterocycles.